The number of quaternary nitrogens is 1. The van der Waals surface area contributed by atoms with Crippen LogP contribution in [0.3, 0.4) is 0 Å². The number of H-pyrrole nitrogens is 2. The molecule has 0 atom stereocenters. The Morgan fingerprint density at radius 2 is 2.00 bits per heavy atom. The second-order valence-electron chi connectivity index (χ2n) is 4.92. The Morgan fingerprint density at radius 3 is 2.55 bits per heavy atom. The van der Waals surface area contributed by atoms with Gasteiger partial charge in [0.2, 0.25) is 0 Å². The maximum absolute atomic E-state index is 11.8. The van der Waals surface area contributed by atoms with Gasteiger partial charge in [-0.25, -0.2) is 4.79 Å². The van der Waals surface area contributed by atoms with Crippen molar-refractivity contribution in [2.24, 2.45) is 5.10 Å². The summed E-state index contributed by atoms with van der Waals surface area (Å²) >= 11 is 0. The van der Waals surface area contributed by atoms with Gasteiger partial charge in [0, 0.05) is 0 Å². The standard InChI is InChI=1S/C12H19N5O3/c1-3-8(15-17-6-4-16(2)5-7-17)9-10(18)13-12(20)14-11(9)19/h3-7H2,1-2H3,(H3,13,14,18,19,20). The molecule has 0 bridgehead atoms. The Balaban J connectivity index is 2.33. The number of nitrogens with one attached hydrogen (secondary N) is 3. The van der Waals surface area contributed by atoms with Gasteiger partial charge in [-0.15, -0.1) is 0 Å². The molecule has 2 rings (SSSR count). The summed E-state index contributed by atoms with van der Waals surface area (Å²) < 4.78 is 0. The maximum atomic E-state index is 11.8. The highest BCUT2D eigenvalue weighted by atomic mass is 16.3. The second kappa shape index (κ2) is 5.91. The van der Waals surface area contributed by atoms with E-state index in [9.17, 15) is 14.7 Å². The van der Waals surface area contributed by atoms with Crippen LogP contribution in [0.5, 0.6) is 5.88 Å². The summed E-state index contributed by atoms with van der Waals surface area (Å²) in [6.07, 6.45) is 0.448. The van der Waals surface area contributed by atoms with Crippen molar-refractivity contribution in [2.75, 3.05) is 33.2 Å². The fourth-order valence-corrected chi connectivity index (χ4v) is 2.17. The fraction of sp³-hybridized carbons (Fsp3) is 0.583. The average molecular weight is 281 g/mol. The smallest absolute Gasteiger partial charge is 0.325 e. The van der Waals surface area contributed by atoms with Crippen molar-refractivity contribution in [1.29, 1.82) is 0 Å². The molecule has 0 unspecified atom stereocenters. The van der Waals surface area contributed by atoms with Crippen LogP contribution < -0.4 is 21.3 Å². The Morgan fingerprint density at radius 1 is 1.35 bits per heavy atom. The van der Waals surface area contributed by atoms with E-state index in [2.05, 4.69) is 22.1 Å². The normalized spacial score (nSPS) is 17.5. The minimum atomic E-state index is -0.789. The number of hydrogen-bond acceptors (Lipinski definition) is 5. The molecule has 1 saturated heterocycles. The third-order valence-corrected chi connectivity index (χ3v) is 3.39. The molecule has 0 saturated carbocycles. The molecule has 1 fully saturated rings. The van der Waals surface area contributed by atoms with Crippen LogP contribution in [0.2, 0.25) is 0 Å². The van der Waals surface area contributed by atoms with Crippen LogP contribution in [0, 0.1) is 0 Å². The molecule has 2 heterocycles. The summed E-state index contributed by atoms with van der Waals surface area (Å²) in [5.41, 5.74) is -1.13. The largest absolute Gasteiger partial charge is 0.860 e. The van der Waals surface area contributed by atoms with Crippen molar-refractivity contribution < 1.29 is 10.0 Å². The molecular formula is C12H19N5O3. The van der Waals surface area contributed by atoms with Gasteiger partial charge in [-0.1, -0.05) is 6.92 Å². The highest BCUT2D eigenvalue weighted by Crippen LogP contribution is 2.07. The average Bonchev–Trinajstić information content (AvgIpc) is 2.38. The Kier molecular flexibility index (Phi) is 4.23. The van der Waals surface area contributed by atoms with Crippen molar-refractivity contribution in [1.82, 2.24) is 15.0 Å². The van der Waals surface area contributed by atoms with Crippen LogP contribution in [0.15, 0.2) is 14.7 Å². The summed E-state index contributed by atoms with van der Waals surface area (Å²) in [7, 11) is 2.12. The van der Waals surface area contributed by atoms with Crippen molar-refractivity contribution in [3.8, 4) is 5.88 Å². The van der Waals surface area contributed by atoms with E-state index in [0.29, 0.717) is 12.1 Å². The maximum Gasteiger partial charge on any atom is 0.325 e. The first-order valence-electron chi connectivity index (χ1n) is 6.69. The number of hydrogen-bond donors (Lipinski definition) is 3. The molecule has 0 amide bonds. The molecular weight excluding hydrogens is 262 g/mol. The molecule has 1 aliphatic rings. The summed E-state index contributed by atoms with van der Waals surface area (Å²) in [5.74, 6) is -0.681. The van der Waals surface area contributed by atoms with E-state index in [0.717, 1.165) is 26.2 Å². The number of hydrazone groups is 1. The van der Waals surface area contributed by atoms with Gasteiger partial charge in [-0.3, -0.25) is 14.8 Å². The first-order chi connectivity index (χ1) is 9.51. The number of aromatic nitrogens is 2. The van der Waals surface area contributed by atoms with E-state index in [1.165, 1.54) is 4.90 Å². The third kappa shape index (κ3) is 3.08. The lowest BCUT2D eigenvalue weighted by atomic mass is 10.1. The van der Waals surface area contributed by atoms with Crippen LogP contribution in [-0.2, 0) is 0 Å². The van der Waals surface area contributed by atoms with Gasteiger partial charge in [0.1, 0.15) is 0 Å². The minimum absolute atomic E-state index is 0.0709. The highest BCUT2D eigenvalue weighted by molar-refractivity contribution is 6.01. The number of nitrogens with zero attached hydrogens (tertiary/aromatic N) is 2. The number of rotatable bonds is 3. The Bertz CT molecular complexity index is 610. The lowest BCUT2D eigenvalue weighted by molar-refractivity contribution is -0.884. The molecule has 0 spiro atoms. The minimum Gasteiger partial charge on any atom is -0.860 e. The summed E-state index contributed by atoms with van der Waals surface area (Å²) in [5, 5.41) is 18.1. The molecule has 0 aliphatic carbocycles. The molecule has 1 aromatic rings. The topological polar surface area (TPSA) is 109 Å². The van der Waals surface area contributed by atoms with Gasteiger partial charge in [0.25, 0.3) is 5.56 Å². The van der Waals surface area contributed by atoms with Crippen molar-refractivity contribution in [3.63, 3.8) is 0 Å². The van der Waals surface area contributed by atoms with Gasteiger partial charge >= 0.3 is 5.69 Å². The van der Waals surface area contributed by atoms with Crippen LogP contribution in [0.1, 0.15) is 18.9 Å². The first kappa shape index (κ1) is 14.3. The lowest BCUT2D eigenvalue weighted by Gasteiger charge is -2.28. The predicted molar refractivity (Wildman–Crippen MR) is 72.2 cm³/mol. The number of piperazine rings is 1. The van der Waals surface area contributed by atoms with E-state index < -0.39 is 17.1 Å². The van der Waals surface area contributed by atoms with E-state index in [1.54, 1.807) is 0 Å². The molecule has 1 aromatic heterocycles. The monoisotopic (exact) mass is 281 g/mol. The van der Waals surface area contributed by atoms with Gasteiger partial charge in [0.15, 0.2) is 0 Å². The van der Waals surface area contributed by atoms with Crippen LogP contribution in [0.25, 0.3) is 0 Å². The first-order valence-corrected chi connectivity index (χ1v) is 6.69. The van der Waals surface area contributed by atoms with Gasteiger partial charge in [-0.05, 0) is 12.3 Å². The van der Waals surface area contributed by atoms with Crippen LogP contribution in [-0.4, -0.2) is 53.9 Å². The molecule has 20 heavy (non-hydrogen) atoms. The van der Waals surface area contributed by atoms with Gasteiger partial charge in [0.05, 0.1) is 44.5 Å². The number of aromatic amines is 2. The molecule has 0 radical (unpaired) electrons. The molecule has 110 valence electrons. The lowest BCUT2D eigenvalue weighted by Crippen LogP contribution is -3.11. The van der Waals surface area contributed by atoms with E-state index in [-0.39, 0.29) is 5.56 Å². The fourth-order valence-electron chi connectivity index (χ4n) is 2.17. The van der Waals surface area contributed by atoms with Crippen molar-refractivity contribution in [3.05, 3.63) is 26.4 Å². The highest BCUT2D eigenvalue weighted by Gasteiger charge is 2.17. The van der Waals surface area contributed by atoms with Gasteiger partial charge < -0.3 is 15.0 Å². The molecule has 0 aromatic carbocycles. The van der Waals surface area contributed by atoms with Crippen molar-refractivity contribution in [2.45, 2.75) is 13.3 Å². The Hall–Kier alpha value is -2.09. The molecule has 3 N–H and O–H groups in total. The Labute approximate surface area is 115 Å². The molecule has 8 nitrogen and oxygen atoms in total. The van der Waals surface area contributed by atoms with Crippen LogP contribution >= 0.6 is 0 Å². The van der Waals surface area contributed by atoms with Crippen molar-refractivity contribution >= 4 is 5.71 Å². The summed E-state index contributed by atoms with van der Waals surface area (Å²) in [6.45, 7) is 5.32. The zero-order valence-electron chi connectivity index (χ0n) is 11.7. The third-order valence-electron chi connectivity index (χ3n) is 3.39. The second-order valence-corrected chi connectivity index (χ2v) is 4.92. The summed E-state index contributed by atoms with van der Waals surface area (Å²) in [6, 6.07) is 0. The van der Waals surface area contributed by atoms with Gasteiger partial charge in [-0.2, -0.15) is 5.10 Å². The van der Waals surface area contributed by atoms with E-state index in [4.69, 9.17) is 0 Å². The SMILES string of the molecule is CCC(=NN1CC[NH+](C)CC1)c1c([O-])[nH]c(=O)[nH]c1=O. The van der Waals surface area contributed by atoms with E-state index >= 15 is 0 Å². The zero-order valence-corrected chi connectivity index (χ0v) is 11.7. The van der Waals surface area contributed by atoms with E-state index in [1.807, 2.05) is 11.9 Å². The zero-order chi connectivity index (χ0) is 14.7. The quantitative estimate of drug-likeness (QED) is 0.516. The predicted octanol–water partition coefficient (Wildman–Crippen LogP) is -2.92. The van der Waals surface area contributed by atoms with Crippen LogP contribution in [0.4, 0.5) is 0 Å². The number of likely N-dealkylation sites (N-methyl/N-ethyl adjacent to an activating group) is 1. The summed E-state index contributed by atoms with van der Waals surface area (Å²) in [4.78, 5) is 28.4. The molecule has 1 aliphatic heterocycles. The molecule has 8 heteroatoms.